The molecule has 0 saturated carbocycles. The maximum atomic E-state index is 13.1. The number of nitrogens with zero attached hydrogens (tertiary/aromatic N) is 1. The number of carbonyl (C=O) groups excluding carboxylic acids is 2. The van der Waals surface area contributed by atoms with Gasteiger partial charge in [-0.05, 0) is 61.4 Å². The van der Waals surface area contributed by atoms with Gasteiger partial charge in [0.1, 0.15) is 0 Å². The Balaban J connectivity index is 1.41. The van der Waals surface area contributed by atoms with Crippen molar-refractivity contribution in [1.82, 2.24) is 4.98 Å². The van der Waals surface area contributed by atoms with E-state index in [1.807, 2.05) is 79.9 Å². The van der Waals surface area contributed by atoms with E-state index >= 15 is 0 Å². The van der Waals surface area contributed by atoms with E-state index in [9.17, 15) is 9.59 Å². The van der Waals surface area contributed by atoms with Gasteiger partial charge >= 0.3 is 0 Å². The van der Waals surface area contributed by atoms with E-state index in [0.717, 1.165) is 21.7 Å². The second-order valence-corrected chi connectivity index (χ2v) is 10.5. The van der Waals surface area contributed by atoms with Gasteiger partial charge in [0.2, 0.25) is 5.91 Å². The van der Waals surface area contributed by atoms with Gasteiger partial charge in [0.25, 0.3) is 5.91 Å². The molecule has 2 amide bonds. The SMILES string of the molecule is CCC(Sc1cccc(NC(=O)c2ccccc2C)c1)C(=O)Nc1nc(-c2ccc(OC)c(OC)c2)cs1. The fourth-order valence-electron chi connectivity index (χ4n) is 3.80. The molecular formula is C29H29N3O4S2. The molecule has 1 unspecified atom stereocenters. The first-order valence-corrected chi connectivity index (χ1v) is 13.8. The zero-order chi connectivity index (χ0) is 27.1. The van der Waals surface area contributed by atoms with Crippen LogP contribution < -0.4 is 20.1 Å². The van der Waals surface area contributed by atoms with Crippen molar-refractivity contribution in [2.45, 2.75) is 30.4 Å². The molecule has 38 heavy (non-hydrogen) atoms. The summed E-state index contributed by atoms with van der Waals surface area (Å²) >= 11 is 2.82. The maximum absolute atomic E-state index is 13.1. The molecule has 1 heterocycles. The van der Waals surface area contributed by atoms with Gasteiger partial charge in [-0.1, -0.05) is 31.2 Å². The molecule has 0 aliphatic carbocycles. The summed E-state index contributed by atoms with van der Waals surface area (Å²) in [6.45, 7) is 3.88. The first-order chi connectivity index (χ1) is 18.4. The molecule has 0 radical (unpaired) electrons. The number of anilines is 2. The molecular weight excluding hydrogens is 518 g/mol. The summed E-state index contributed by atoms with van der Waals surface area (Å²) in [6, 6.07) is 20.6. The van der Waals surface area contributed by atoms with Crippen molar-refractivity contribution in [3.8, 4) is 22.8 Å². The summed E-state index contributed by atoms with van der Waals surface area (Å²) in [5, 5.41) is 8.00. The first-order valence-electron chi connectivity index (χ1n) is 12.0. The van der Waals surface area contributed by atoms with Crippen molar-refractivity contribution in [3.63, 3.8) is 0 Å². The molecule has 1 aromatic heterocycles. The smallest absolute Gasteiger partial charge is 0.255 e. The lowest BCUT2D eigenvalue weighted by Crippen LogP contribution is -2.24. The van der Waals surface area contributed by atoms with Gasteiger partial charge in [-0.3, -0.25) is 9.59 Å². The van der Waals surface area contributed by atoms with Gasteiger partial charge in [-0.25, -0.2) is 4.98 Å². The molecule has 0 aliphatic heterocycles. The summed E-state index contributed by atoms with van der Waals surface area (Å²) < 4.78 is 10.7. The second-order valence-electron chi connectivity index (χ2n) is 8.41. The maximum Gasteiger partial charge on any atom is 0.255 e. The van der Waals surface area contributed by atoms with Gasteiger partial charge in [-0.15, -0.1) is 23.1 Å². The summed E-state index contributed by atoms with van der Waals surface area (Å²) in [5.74, 6) is 0.967. The van der Waals surface area contributed by atoms with Gasteiger partial charge in [-0.2, -0.15) is 0 Å². The fraction of sp³-hybridized carbons (Fsp3) is 0.207. The minimum absolute atomic E-state index is 0.125. The zero-order valence-corrected chi connectivity index (χ0v) is 23.2. The summed E-state index contributed by atoms with van der Waals surface area (Å²) in [4.78, 5) is 31.3. The quantitative estimate of drug-likeness (QED) is 0.210. The zero-order valence-electron chi connectivity index (χ0n) is 21.6. The Hall–Kier alpha value is -3.82. The van der Waals surface area contributed by atoms with Gasteiger partial charge in [0.15, 0.2) is 16.6 Å². The van der Waals surface area contributed by atoms with Crippen LogP contribution in [0.3, 0.4) is 0 Å². The van der Waals surface area contributed by atoms with Crippen LogP contribution in [0.5, 0.6) is 11.5 Å². The summed E-state index contributed by atoms with van der Waals surface area (Å²) in [6.07, 6.45) is 0.629. The van der Waals surface area contributed by atoms with Crippen molar-refractivity contribution in [2.24, 2.45) is 0 Å². The predicted octanol–water partition coefficient (Wildman–Crippen LogP) is 6.90. The topological polar surface area (TPSA) is 89.6 Å². The predicted molar refractivity (Wildman–Crippen MR) is 155 cm³/mol. The third-order valence-corrected chi connectivity index (χ3v) is 7.95. The average molecular weight is 548 g/mol. The minimum Gasteiger partial charge on any atom is -0.493 e. The van der Waals surface area contributed by atoms with Gasteiger partial charge in [0, 0.05) is 27.1 Å². The highest BCUT2D eigenvalue weighted by Gasteiger charge is 2.20. The number of thioether (sulfide) groups is 1. The molecule has 4 aromatic rings. The number of thiazole rings is 1. The van der Waals surface area contributed by atoms with Crippen molar-refractivity contribution in [2.75, 3.05) is 24.9 Å². The standard InChI is InChI=1S/C29H29N3O4S2/c1-5-26(38-21-11-8-10-20(16-21)30-27(33)22-12-7-6-9-18(22)2)28(34)32-29-31-23(17-37-29)19-13-14-24(35-3)25(15-19)36-4/h6-17,26H,5H2,1-4H3,(H,30,33)(H,31,32,34). The Labute approximate surface area is 230 Å². The molecule has 0 aliphatic rings. The molecule has 0 fully saturated rings. The molecule has 196 valence electrons. The number of carbonyl (C=O) groups is 2. The third-order valence-electron chi connectivity index (χ3n) is 5.84. The van der Waals surface area contributed by atoms with E-state index in [2.05, 4.69) is 15.6 Å². The Kier molecular flexibility index (Phi) is 9.04. The normalized spacial score (nSPS) is 11.5. The van der Waals surface area contributed by atoms with Crippen molar-refractivity contribution >= 4 is 45.7 Å². The van der Waals surface area contributed by atoms with Crippen LogP contribution in [0.4, 0.5) is 10.8 Å². The van der Waals surface area contributed by atoms with E-state index in [4.69, 9.17) is 9.47 Å². The van der Waals surface area contributed by atoms with Crippen LogP contribution in [0.15, 0.2) is 77.0 Å². The number of ether oxygens (including phenoxy) is 2. The molecule has 3 aromatic carbocycles. The van der Waals surface area contributed by atoms with Crippen LogP contribution in [-0.4, -0.2) is 36.3 Å². The van der Waals surface area contributed by atoms with Crippen molar-refractivity contribution < 1.29 is 19.1 Å². The third kappa shape index (κ3) is 6.54. The number of benzene rings is 3. The van der Waals surface area contributed by atoms with E-state index in [1.54, 1.807) is 20.3 Å². The van der Waals surface area contributed by atoms with Crippen LogP contribution in [-0.2, 0) is 4.79 Å². The van der Waals surface area contributed by atoms with Crippen molar-refractivity contribution in [3.05, 3.63) is 83.2 Å². The second kappa shape index (κ2) is 12.6. The number of nitrogens with one attached hydrogen (secondary N) is 2. The van der Waals surface area contributed by atoms with E-state index < -0.39 is 0 Å². The Morgan fingerprint density at radius 2 is 1.76 bits per heavy atom. The molecule has 9 heteroatoms. The Morgan fingerprint density at radius 3 is 2.50 bits per heavy atom. The Bertz CT molecular complexity index is 1440. The van der Waals surface area contributed by atoms with Crippen LogP contribution >= 0.6 is 23.1 Å². The average Bonchev–Trinajstić information content (AvgIpc) is 3.40. The highest BCUT2D eigenvalue weighted by molar-refractivity contribution is 8.00. The number of rotatable bonds is 10. The number of amides is 2. The number of hydrogen-bond donors (Lipinski definition) is 2. The van der Waals surface area contributed by atoms with Gasteiger partial charge in [0.05, 0.1) is 25.2 Å². The van der Waals surface area contributed by atoms with E-state index in [-0.39, 0.29) is 17.1 Å². The largest absolute Gasteiger partial charge is 0.493 e. The molecule has 0 saturated heterocycles. The highest BCUT2D eigenvalue weighted by atomic mass is 32.2. The summed E-state index contributed by atoms with van der Waals surface area (Å²) in [7, 11) is 3.18. The van der Waals surface area contributed by atoms with E-state index in [0.29, 0.717) is 34.3 Å². The number of aryl methyl sites for hydroxylation is 1. The fourth-order valence-corrected chi connectivity index (χ4v) is 5.54. The number of hydrogen-bond acceptors (Lipinski definition) is 7. The molecule has 0 spiro atoms. The summed E-state index contributed by atoms with van der Waals surface area (Å²) in [5.41, 5.74) is 3.83. The van der Waals surface area contributed by atoms with Crippen LogP contribution in [0.2, 0.25) is 0 Å². The monoisotopic (exact) mass is 547 g/mol. The molecule has 7 nitrogen and oxygen atoms in total. The Morgan fingerprint density at radius 1 is 0.974 bits per heavy atom. The lowest BCUT2D eigenvalue weighted by atomic mass is 10.1. The lowest BCUT2D eigenvalue weighted by molar-refractivity contribution is -0.115. The van der Waals surface area contributed by atoms with Crippen LogP contribution in [0.25, 0.3) is 11.3 Å². The molecule has 0 bridgehead atoms. The molecule has 2 N–H and O–H groups in total. The van der Waals surface area contributed by atoms with Crippen LogP contribution in [0, 0.1) is 6.92 Å². The van der Waals surface area contributed by atoms with Crippen molar-refractivity contribution in [1.29, 1.82) is 0 Å². The lowest BCUT2D eigenvalue weighted by Gasteiger charge is -2.14. The highest BCUT2D eigenvalue weighted by Crippen LogP contribution is 2.34. The van der Waals surface area contributed by atoms with Gasteiger partial charge < -0.3 is 20.1 Å². The molecule has 1 atom stereocenters. The van der Waals surface area contributed by atoms with Crippen LogP contribution in [0.1, 0.15) is 29.3 Å². The number of methoxy groups -OCH3 is 2. The molecule has 4 rings (SSSR count). The minimum atomic E-state index is -0.328. The number of aromatic nitrogens is 1. The van der Waals surface area contributed by atoms with E-state index in [1.165, 1.54) is 23.1 Å². The first kappa shape index (κ1) is 27.2.